The molecule has 16 heavy (non-hydrogen) atoms. The summed E-state index contributed by atoms with van der Waals surface area (Å²) in [7, 11) is 0. The maximum absolute atomic E-state index is 10.8. The highest BCUT2D eigenvalue weighted by atomic mass is 35.5. The standard InChI is InChI=1S/C9H13ClN4O2/c1-3-4-6(2)13-9-7(14(15)16)8(10)11-5-12-9/h5-6H,3-4H2,1-2H3,(H,11,12,13). The molecule has 0 aliphatic heterocycles. The molecule has 0 bridgehead atoms. The van der Waals surface area contributed by atoms with Crippen molar-refractivity contribution in [3.05, 3.63) is 21.6 Å². The van der Waals surface area contributed by atoms with Crippen LogP contribution < -0.4 is 5.32 Å². The number of anilines is 1. The second-order valence-corrected chi connectivity index (χ2v) is 3.81. The fourth-order valence-electron chi connectivity index (χ4n) is 1.36. The van der Waals surface area contributed by atoms with Crippen LogP contribution in [0.5, 0.6) is 0 Å². The molecule has 0 spiro atoms. The number of nitro groups is 1. The summed E-state index contributed by atoms with van der Waals surface area (Å²) >= 11 is 5.65. The summed E-state index contributed by atoms with van der Waals surface area (Å²) in [5.74, 6) is 0.172. The lowest BCUT2D eigenvalue weighted by molar-refractivity contribution is -0.384. The Balaban J connectivity index is 2.95. The largest absolute Gasteiger partial charge is 0.362 e. The lowest BCUT2D eigenvalue weighted by atomic mass is 10.2. The van der Waals surface area contributed by atoms with Gasteiger partial charge in [0.15, 0.2) is 0 Å². The molecule has 88 valence electrons. The molecular formula is C9H13ClN4O2. The Hall–Kier alpha value is -1.43. The topological polar surface area (TPSA) is 81.0 Å². The fraction of sp³-hybridized carbons (Fsp3) is 0.556. The lowest BCUT2D eigenvalue weighted by Gasteiger charge is -2.13. The number of nitrogens with zero attached hydrogens (tertiary/aromatic N) is 3. The summed E-state index contributed by atoms with van der Waals surface area (Å²) in [6, 6.07) is 0.106. The fourth-order valence-corrected chi connectivity index (χ4v) is 1.57. The van der Waals surface area contributed by atoms with Crippen molar-refractivity contribution in [2.75, 3.05) is 5.32 Å². The van der Waals surface area contributed by atoms with Crippen LogP contribution in [-0.4, -0.2) is 20.9 Å². The van der Waals surface area contributed by atoms with E-state index in [1.807, 2.05) is 13.8 Å². The van der Waals surface area contributed by atoms with Gasteiger partial charge in [0.25, 0.3) is 0 Å². The van der Waals surface area contributed by atoms with Crippen molar-refractivity contribution in [1.82, 2.24) is 9.97 Å². The molecule has 0 aliphatic rings. The maximum Gasteiger partial charge on any atom is 0.348 e. The van der Waals surface area contributed by atoms with Crippen molar-refractivity contribution in [3.63, 3.8) is 0 Å². The summed E-state index contributed by atoms with van der Waals surface area (Å²) in [4.78, 5) is 17.6. The summed E-state index contributed by atoms with van der Waals surface area (Å²) in [6.07, 6.45) is 3.09. The monoisotopic (exact) mass is 244 g/mol. The van der Waals surface area contributed by atoms with Crippen molar-refractivity contribution >= 4 is 23.1 Å². The molecule has 1 aromatic rings. The molecule has 1 atom stereocenters. The van der Waals surface area contributed by atoms with Crippen molar-refractivity contribution in [2.24, 2.45) is 0 Å². The Labute approximate surface area is 98.2 Å². The average Bonchev–Trinajstić information content (AvgIpc) is 2.17. The van der Waals surface area contributed by atoms with Gasteiger partial charge >= 0.3 is 5.69 Å². The Morgan fingerprint density at radius 2 is 2.31 bits per heavy atom. The minimum absolute atomic E-state index is 0.106. The molecule has 7 heteroatoms. The number of hydrogen-bond donors (Lipinski definition) is 1. The quantitative estimate of drug-likeness (QED) is 0.489. The van der Waals surface area contributed by atoms with Gasteiger partial charge in [-0.05, 0) is 13.3 Å². The van der Waals surface area contributed by atoms with Crippen LogP contribution >= 0.6 is 11.6 Å². The van der Waals surface area contributed by atoms with Crippen molar-refractivity contribution in [1.29, 1.82) is 0 Å². The first-order chi connectivity index (χ1) is 7.56. The molecule has 0 saturated heterocycles. The van der Waals surface area contributed by atoms with Crippen molar-refractivity contribution in [2.45, 2.75) is 32.7 Å². The molecule has 0 amide bonds. The highest BCUT2D eigenvalue weighted by Gasteiger charge is 2.22. The normalized spacial score (nSPS) is 12.2. The van der Waals surface area contributed by atoms with E-state index < -0.39 is 4.92 Å². The lowest BCUT2D eigenvalue weighted by Crippen LogP contribution is -2.17. The van der Waals surface area contributed by atoms with Gasteiger partial charge in [-0.15, -0.1) is 0 Å². The van der Waals surface area contributed by atoms with E-state index >= 15 is 0 Å². The smallest absolute Gasteiger partial charge is 0.348 e. The second-order valence-electron chi connectivity index (χ2n) is 3.45. The van der Waals surface area contributed by atoms with Gasteiger partial charge < -0.3 is 5.32 Å². The molecule has 0 saturated carbocycles. The SMILES string of the molecule is CCCC(C)Nc1ncnc(Cl)c1[N+](=O)[O-]. The first kappa shape index (κ1) is 12.6. The number of aromatic nitrogens is 2. The number of halogens is 1. The highest BCUT2D eigenvalue weighted by molar-refractivity contribution is 6.31. The van der Waals surface area contributed by atoms with E-state index in [9.17, 15) is 10.1 Å². The highest BCUT2D eigenvalue weighted by Crippen LogP contribution is 2.28. The zero-order valence-electron chi connectivity index (χ0n) is 9.11. The minimum Gasteiger partial charge on any atom is -0.362 e. The van der Waals surface area contributed by atoms with E-state index in [0.29, 0.717) is 0 Å². The molecule has 6 nitrogen and oxygen atoms in total. The van der Waals surface area contributed by atoms with Crippen LogP contribution in [0.4, 0.5) is 11.5 Å². The Morgan fingerprint density at radius 1 is 1.62 bits per heavy atom. The maximum atomic E-state index is 10.8. The van der Waals surface area contributed by atoms with Gasteiger partial charge in [0.05, 0.1) is 4.92 Å². The summed E-state index contributed by atoms with van der Waals surface area (Å²) in [5, 5.41) is 13.6. The van der Waals surface area contributed by atoms with E-state index in [1.165, 1.54) is 6.33 Å². The predicted octanol–water partition coefficient (Wildman–Crippen LogP) is 2.64. The first-order valence-electron chi connectivity index (χ1n) is 4.97. The molecule has 0 radical (unpaired) electrons. The zero-order chi connectivity index (χ0) is 12.1. The molecule has 0 fully saturated rings. The van der Waals surface area contributed by atoms with Crippen LogP contribution in [0.25, 0.3) is 0 Å². The van der Waals surface area contributed by atoms with Gasteiger partial charge in [-0.3, -0.25) is 10.1 Å². The molecular weight excluding hydrogens is 232 g/mol. The third kappa shape index (κ3) is 3.03. The van der Waals surface area contributed by atoms with Gasteiger partial charge in [-0.25, -0.2) is 9.97 Å². The Kier molecular flexibility index (Phi) is 4.42. The van der Waals surface area contributed by atoms with Crippen LogP contribution in [-0.2, 0) is 0 Å². The van der Waals surface area contributed by atoms with Crippen LogP contribution in [0, 0.1) is 10.1 Å². The summed E-state index contributed by atoms with van der Waals surface area (Å²) in [5.41, 5.74) is -0.271. The van der Waals surface area contributed by atoms with Crippen molar-refractivity contribution in [3.8, 4) is 0 Å². The zero-order valence-corrected chi connectivity index (χ0v) is 9.86. The summed E-state index contributed by atoms with van der Waals surface area (Å²) < 4.78 is 0. The predicted molar refractivity (Wildman–Crippen MR) is 61.7 cm³/mol. The molecule has 1 aromatic heterocycles. The van der Waals surface area contributed by atoms with Gasteiger partial charge in [-0.1, -0.05) is 24.9 Å². The van der Waals surface area contributed by atoms with Crippen LogP contribution in [0.15, 0.2) is 6.33 Å². The second kappa shape index (κ2) is 5.60. The third-order valence-electron chi connectivity index (χ3n) is 2.07. The molecule has 1 N–H and O–H groups in total. The number of hydrogen-bond acceptors (Lipinski definition) is 5. The third-order valence-corrected chi connectivity index (χ3v) is 2.34. The van der Waals surface area contributed by atoms with E-state index in [-0.39, 0.29) is 22.7 Å². The minimum atomic E-state index is -0.580. The van der Waals surface area contributed by atoms with Crippen LogP contribution in [0.3, 0.4) is 0 Å². The molecule has 0 aromatic carbocycles. The molecule has 0 aliphatic carbocycles. The summed E-state index contributed by atoms with van der Waals surface area (Å²) in [6.45, 7) is 3.97. The van der Waals surface area contributed by atoms with Gasteiger partial charge in [0, 0.05) is 6.04 Å². The average molecular weight is 245 g/mol. The Morgan fingerprint density at radius 3 is 2.88 bits per heavy atom. The van der Waals surface area contributed by atoms with Crippen molar-refractivity contribution < 1.29 is 4.92 Å². The van der Waals surface area contributed by atoms with Crippen LogP contribution in [0.1, 0.15) is 26.7 Å². The number of rotatable bonds is 5. The number of nitrogens with one attached hydrogen (secondary N) is 1. The first-order valence-corrected chi connectivity index (χ1v) is 5.35. The van der Waals surface area contributed by atoms with Gasteiger partial charge in [-0.2, -0.15) is 0 Å². The van der Waals surface area contributed by atoms with E-state index in [4.69, 9.17) is 11.6 Å². The Bertz CT molecular complexity index is 386. The molecule has 1 unspecified atom stereocenters. The van der Waals surface area contributed by atoms with E-state index in [1.54, 1.807) is 0 Å². The molecule has 1 rings (SSSR count). The van der Waals surface area contributed by atoms with Gasteiger partial charge in [0.2, 0.25) is 11.0 Å². The van der Waals surface area contributed by atoms with Crippen LogP contribution in [0.2, 0.25) is 5.15 Å². The van der Waals surface area contributed by atoms with E-state index in [0.717, 1.165) is 12.8 Å². The molecule has 1 heterocycles. The van der Waals surface area contributed by atoms with E-state index in [2.05, 4.69) is 15.3 Å². The van der Waals surface area contributed by atoms with Gasteiger partial charge in [0.1, 0.15) is 6.33 Å².